The molecule has 0 aliphatic heterocycles. The van der Waals surface area contributed by atoms with Crippen molar-refractivity contribution >= 4 is 28.3 Å². The first-order chi connectivity index (χ1) is 13.0. The van der Waals surface area contributed by atoms with Gasteiger partial charge in [-0.15, -0.1) is 0 Å². The SMILES string of the molecule is Cc1ccc(C)c(NC(=O)COC(=O)COc2ccc3ccccc3c2)c1. The molecule has 0 aliphatic carbocycles. The molecular weight excluding hydrogens is 342 g/mol. The van der Waals surface area contributed by atoms with E-state index in [1.54, 1.807) is 6.07 Å². The van der Waals surface area contributed by atoms with Gasteiger partial charge in [0.2, 0.25) is 0 Å². The molecule has 1 amide bonds. The Balaban J connectivity index is 1.47. The number of hydrogen-bond acceptors (Lipinski definition) is 4. The first-order valence-electron chi connectivity index (χ1n) is 8.65. The van der Waals surface area contributed by atoms with Crippen molar-refractivity contribution in [2.45, 2.75) is 13.8 Å². The van der Waals surface area contributed by atoms with Crippen molar-refractivity contribution in [2.24, 2.45) is 0 Å². The number of amides is 1. The Morgan fingerprint density at radius 2 is 1.67 bits per heavy atom. The van der Waals surface area contributed by atoms with Crippen LogP contribution in [0.4, 0.5) is 5.69 Å². The number of carbonyl (C=O) groups excluding carboxylic acids is 2. The van der Waals surface area contributed by atoms with Crippen LogP contribution in [0.15, 0.2) is 60.7 Å². The Kier molecular flexibility index (Phi) is 5.71. The van der Waals surface area contributed by atoms with Crippen molar-refractivity contribution < 1.29 is 19.1 Å². The lowest BCUT2D eigenvalue weighted by atomic mass is 10.1. The summed E-state index contributed by atoms with van der Waals surface area (Å²) in [6, 6.07) is 19.2. The molecule has 0 atom stereocenters. The van der Waals surface area contributed by atoms with E-state index < -0.39 is 5.97 Å². The Morgan fingerprint density at radius 1 is 0.889 bits per heavy atom. The molecule has 0 unspecified atom stereocenters. The summed E-state index contributed by atoms with van der Waals surface area (Å²) < 4.78 is 10.4. The van der Waals surface area contributed by atoms with Gasteiger partial charge in [0.1, 0.15) is 5.75 Å². The third-order valence-corrected chi connectivity index (χ3v) is 4.11. The van der Waals surface area contributed by atoms with Crippen molar-refractivity contribution in [3.63, 3.8) is 0 Å². The number of hydrogen-bond donors (Lipinski definition) is 1. The zero-order valence-electron chi connectivity index (χ0n) is 15.3. The third-order valence-electron chi connectivity index (χ3n) is 4.11. The first-order valence-corrected chi connectivity index (χ1v) is 8.65. The second-order valence-corrected chi connectivity index (χ2v) is 6.32. The number of fused-ring (bicyclic) bond motifs is 1. The minimum atomic E-state index is -0.598. The lowest BCUT2D eigenvalue weighted by Gasteiger charge is -2.10. The maximum atomic E-state index is 12.0. The average molecular weight is 363 g/mol. The molecule has 0 saturated heterocycles. The third kappa shape index (κ3) is 5.07. The van der Waals surface area contributed by atoms with Crippen molar-refractivity contribution in [1.82, 2.24) is 0 Å². The molecule has 5 nitrogen and oxygen atoms in total. The Bertz CT molecular complexity index is 981. The molecule has 0 aromatic heterocycles. The van der Waals surface area contributed by atoms with E-state index in [-0.39, 0.29) is 19.1 Å². The van der Waals surface area contributed by atoms with Gasteiger partial charge < -0.3 is 14.8 Å². The summed E-state index contributed by atoms with van der Waals surface area (Å²) in [4.78, 5) is 23.8. The number of anilines is 1. The molecule has 27 heavy (non-hydrogen) atoms. The summed E-state index contributed by atoms with van der Waals surface area (Å²) in [5.41, 5.74) is 2.69. The van der Waals surface area contributed by atoms with E-state index in [9.17, 15) is 9.59 Å². The quantitative estimate of drug-likeness (QED) is 0.672. The lowest BCUT2D eigenvalue weighted by molar-refractivity contribution is -0.149. The normalized spacial score (nSPS) is 10.4. The van der Waals surface area contributed by atoms with E-state index in [1.807, 2.05) is 68.4 Å². The molecule has 0 saturated carbocycles. The number of carbonyl (C=O) groups is 2. The topological polar surface area (TPSA) is 64.6 Å². The summed E-state index contributed by atoms with van der Waals surface area (Å²) in [5.74, 6) is -0.410. The molecule has 5 heteroatoms. The second kappa shape index (κ2) is 8.36. The van der Waals surface area contributed by atoms with Crippen LogP contribution < -0.4 is 10.1 Å². The fourth-order valence-corrected chi connectivity index (χ4v) is 2.64. The molecule has 0 spiro atoms. The van der Waals surface area contributed by atoms with Gasteiger partial charge >= 0.3 is 5.97 Å². The molecule has 0 heterocycles. The number of benzene rings is 3. The molecule has 3 aromatic carbocycles. The minimum absolute atomic E-state index is 0.255. The smallest absolute Gasteiger partial charge is 0.344 e. The molecular formula is C22H21NO4. The molecule has 138 valence electrons. The minimum Gasteiger partial charge on any atom is -0.482 e. The van der Waals surface area contributed by atoms with Gasteiger partial charge in [-0.2, -0.15) is 0 Å². The van der Waals surface area contributed by atoms with Crippen LogP contribution in [0.3, 0.4) is 0 Å². The van der Waals surface area contributed by atoms with Gasteiger partial charge in [-0.1, -0.05) is 42.5 Å². The Hall–Kier alpha value is -3.34. The summed E-state index contributed by atoms with van der Waals surface area (Å²) >= 11 is 0. The average Bonchev–Trinajstić information content (AvgIpc) is 2.67. The Labute approximate surface area is 157 Å². The standard InChI is InChI=1S/C22H21NO4/c1-15-7-8-16(2)20(11-15)23-21(24)13-27-22(25)14-26-19-10-9-17-5-3-4-6-18(17)12-19/h3-12H,13-14H2,1-2H3,(H,23,24). The fourth-order valence-electron chi connectivity index (χ4n) is 2.64. The molecule has 0 aliphatic rings. The van der Waals surface area contributed by atoms with Crippen molar-refractivity contribution in [3.8, 4) is 5.75 Å². The van der Waals surface area contributed by atoms with Crippen LogP contribution in [-0.4, -0.2) is 25.1 Å². The number of rotatable bonds is 6. The van der Waals surface area contributed by atoms with Gasteiger partial charge in [-0.25, -0.2) is 4.79 Å². The van der Waals surface area contributed by atoms with Gasteiger partial charge in [0, 0.05) is 5.69 Å². The molecule has 0 bridgehead atoms. The van der Waals surface area contributed by atoms with Crippen LogP contribution in [0, 0.1) is 13.8 Å². The van der Waals surface area contributed by atoms with Crippen LogP contribution in [0.2, 0.25) is 0 Å². The van der Waals surface area contributed by atoms with Crippen LogP contribution in [0.1, 0.15) is 11.1 Å². The summed E-state index contributed by atoms with van der Waals surface area (Å²) in [6.45, 7) is 3.24. The maximum Gasteiger partial charge on any atom is 0.344 e. The number of nitrogens with one attached hydrogen (secondary N) is 1. The van der Waals surface area contributed by atoms with Gasteiger partial charge in [-0.05, 0) is 53.9 Å². The van der Waals surface area contributed by atoms with Crippen molar-refractivity contribution in [3.05, 3.63) is 71.8 Å². The predicted octanol–water partition coefficient (Wildman–Crippen LogP) is 4.02. The summed E-state index contributed by atoms with van der Waals surface area (Å²) in [7, 11) is 0. The van der Waals surface area contributed by atoms with E-state index >= 15 is 0 Å². The largest absolute Gasteiger partial charge is 0.482 e. The molecule has 0 radical (unpaired) electrons. The van der Waals surface area contributed by atoms with E-state index in [0.717, 1.165) is 21.9 Å². The van der Waals surface area contributed by atoms with Gasteiger partial charge in [0.15, 0.2) is 13.2 Å². The van der Waals surface area contributed by atoms with E-state index in [2.05, 4.69) is 5.32 Å². The van der Waals surface area contributed by atoms with Crippen molar-refractivity contribution in [1.29, 1.82) is 0 Å². The number of ether oxygens (including phenoxy) is 2. The zero-order valence-corrected chi connectivity index (χ0v) is 15.3. The first kappa shape index (κ1) is 18.5. The van der Waals surface area contributed by atoms with Crippen LogP contribution in [0.25, 0.3) is 10.8 Å². The van der Waals surface area contributed by atoms with E-state index in [1.165, 1.54) is 0 Å². The number of esters is 1. The number of aryl methyl sites for hydroxylation is 2. The van der Waals surface area contributed by atoms with E-state index in [4.69, 9.17) is 9.47 Å². The van der Waals surface area contributed by atoms with Crippen molar-refractivity contribution in [2.75, 3.05) is 18.5 Å². The van der Waals surface area contributed by atoms with Gasteiger partial charge in [0.25, 0.3) is 5.91 Å². The summed E-state index contributed by atoms with van der Waals surface area (Å²) in [5, 5.41) is 4.86. The maximum absolute atomic E-state index is 12.0. The monoisotopic (exact) mass is 363 g/mol. The van der Waals surface area contributed by atoms with Crippen LogP contribution >= 0.6 is 0 Å². The Morgan fingerprint density at radius 3 is 2.48 bits per heavy atom. The predicted molar refractivity (Wildman–Crippen MR) is 105 cm³/mol. The van der Waals surface area contributed by atoms with Gasteiger partial charge in [-0.3, -0.25) is 4.79 Å². The molecule has 0 fully saturated rings. The second-order valence-electron chi connectivity index (χ2n) is 6.32. The van der Waals surface area contributed by atoms with Gasteiger partial charge in [0.05, 0.1) is 0 Å². The summed E-state index contributed by atoms with van der Waals surface area (Å²) in [6.07, 6.45) is 0. The highest BCUT2D eigenvalue weighted by molar-refractivity contribution is 5.93. The highest BCUT2D eigenvalue weighted by atomic mass is 16.6. The highest BCUT2D eigenvalue weighted by Crippen LogP contribution is 2.20. The molecule has 3 aromatic rings. The molecule has 3 rings (SSSR count). The van der Waals surface area contributed by atoms with E-state index in [0.29, 0.717) is 11.4 Å². The molecule has 1 N–H and O–H groups in total. The van der Waals surface area contributed by atoms with Crippen LogP contribution in [-0.2, 0) is 14.3 Å². The highest BCUT2D eigenvalue weighted by Gasteiger charge is 2.10. The lowest BCUT2D eigenvalue weighted by Crippen LogP contribution is -2.24. The fraction of sp³-hybridized carbons (Fsp3) is 0.182. The van der Waals surface area contributed by atoms with Crippen LogP contribution in [0.5, 0.6) is 5.75 Å². The zero-order chi connectivity index (χ0) is 19.2.